The van der Waals surface area contributed by atoms with Crippen LogP contribution < -0.4 is 4.74 Å². The van der Waals surface area contributed by atoms with E-state index in [9.17, 15) is 4.79 Å². The van der Waals surface area contributed by atoms with E-state index in [1.54, 1.807) is 0 Å². The van der Waals surface area contributed by atoms with Gasteiger partial charge in [-0.05, 0) is 30.5 Å². The Balaban J connectivity index is 1.86. The van der Waals surface area contributed by atoms with Gasteiger partial charge in [0.15, 0.2) is 0 Å². The molecule has 1 heterocycles. The highest BCUT2D eigenvalue weighted by molar-refractivity contribution is 5.78. The Kier molecular flexibility index (Phi) is 5.41. The maximum Gasteiger partial charge on any atom is 0.223 e. The molecule has 1 saturated heterocycles. The van der Waals surface area contributed by atoms with Crippen molar-refractivity contribution in [3.63, 3.8) is 0 Å². The van der Waals surface area contributed by atoms with Crippen LogP contribution in [0.25, 0.3) is 0 Å². The van der Waals surface area contributed by atoms with Crippen molar-refractivity contribution in [3.05, 3.63) is 29.8 Å². The molecular weight excluding hydrogens is 254 g/mol. The summed E-state index contributed by atoms with van der Waals surface area (Å²) in [6.45, 7) is 4.31. The first-order valence-electron chi connectivity index (χ1n) is 7.33. The van der Waals surface area contributed by atoms with Crippen LogP contribution in [0.15, 0.2) is 24.3 Å². The van der Waals surface area contributed by atoms with Gasteiger partial charge in [0, 0.05) is 32.0 Å². The molecule has 1 unspecified atom stereocenters. The molecule has 0 radical (unpaired) electrons. The molecule has 0 bridgehead atoms. The van der Waals surface area contributed by atoms with Gasteiger partial charge in [0.1, 0.15) is 5.75 Å². The van der Waals surface area contributed by atoms with Crippen LogP contribution in [0.5, 0.6) is 5.75 Å². The molecule has 1 aromatic carbocycles. The minimum absolute atomic E-state index is 0.0998. The summed E-state index contributed by atoms with van der Waals surface area (Å²) in [5.41, 5.74) is 1.18. The summed E-state index contributed by atoms with van der Waals surface area (Å²) < 4.78 is 5.61. The molecule has 0 spiro atoms. The van der Waals surface area contributed by atoms with E-state index in [1.165, 1.54) is 5.56 Å². The van der Waals surface area contributed by atoms with Crippen LogP contribution in [-0.4, -0.2) is 42.2 Å². The van der Waals surface area contributed by atoms with Crippen molar-refractivity contribution in [2.75, 3.05) is 26.3 Å². The average Bonchev–Trinajstić information content (AvgIpc) is 2.84. The zero-order valence-electron chi connectivity index (χ0n) is 12.0. The Bertz CT molecular complexity index is 447. The molecule has 20 heavy (non-hydrogen) atoms. The van der Waals surface area contributed by atoms with Crippen molar-refractivity contribution in [2.24, 2.45) is 5.92 Å². The lowest BCUT2D eigenvalue weighted by Gasteiger charge is -2.16. The quantitative estimate of drug-likeness (QED) is 0.827. The van der Waals surface area contributed by atoms with Crippen molar-refractivity contribution in [1.29, 1.82) is 0 Å². The Hall–Kier alpha value is -1.55. The zero-order valence-corrected chi connectivity index (χ0v) is 12.0. The van der Waals surface area contributed by atoms with Crippen LogP contribution in [-0.2, 0) is 11.2 Å². The second kappa shape index (κ2) is 7.29. The summed E-state index contributed by atoms with van der Waals surface area (Å²) >= 11 is 0. The molecule has 1 aromatic rings. The van der Waals surface area contributed by atoms with E-state index >= 15 is 0 Å². The molecule has 110 valence electrons. The molecule has 4 nitrogen and oxygen atoms in total. The topological polar surface area (TPSA) is 49.8 Å². The highest BCUT2D eigenvalue weighted by Gasteiger charge is 2.28. The minimum Gasteiger partial charge on any atom is -0.494 e. The molecule has 2 rings (SSSR count). The molecule has 1 atom stereocenters. The predicted octanol–water partition coefficient (Wildman–Crippen LogP) is 1.86. The lowest BCUT2D eigenvalue weighted by atomic mass is 10.1. The normalized spacial score (nSPS) is 18.6. The molecule has 1 aliphatic heterocycles. The van der Waals surface area contributed by atoms with Gasteiger partial charge < -0.3 is 14.7 Å². The van der Waals surface area contributed by atoms with Gasteiger partial charge in [0.05, 0.1) is 6.61 Å². The first-order chi connectivity index (χ1) is 9.72. The third-order valence-corrected chi connectivity index (χ3v) is 3.59. The van der Waals surface area contributed by atoms with Crippen LogP contribution in [0, 0.1) is 5.92 Å². The van der Waals surface area contributed by atoms with E-state index < -0.39 is 0 Å². The maximum absolute atomic E-state index is 11.8. The molecule has 0 aliphatic carbocycles. The van der Waals surface area contributed by atoms with Crippen molar-refractivity contribution >= 4 is 5.91 Å². The summed E-state index contributed by atoms with van der Waals surface area (Å²) in [5.74, 6) is 1.16. The molecule has 0 saturated carbocycles. The average molecular weight is 277 g/mol. The van der Waals surface area contributed by atoms with Crippen molar-refractivity contribution in [3.8, 4) is 5.75 Å². The molecule has 4 heteroatoms. The van der Waals surface area contributed by atoms with Gasteiger partial charge in [0.2, 0.25) is 5.91 Å². The second-order valence-electron chi connectivity index (χ2n) is 5.34. The lowest BCUT2D eigenvalue weighted by Crippen LogP contribution is -2.27. The molecule has 1 fully saturated rings. The molecular formula is C16H23NO3. The van der Waals surface area contributed by atoms with Gasteiger partial charge in [-0.2, -0.15) is 0 Å². The smallest absolute Gasteiger partial charge is 0.223 e. The first-order valence-corrected chi connectivity index (χ1v) is 7.33. The van der Waals surface area contributed by atoms with Crippen molar-refractivity contribution in [2.45, 2.75) is 26.2 Å². The Morgan fingerprint density at radius 2 is 2.30 bits per heavy atom. The van der Waals surface area contributed by atoms with Crippen LogP contribution in [0.1, 0.15) is 25.3 Å². The number of nitrogens with zero attached hydrogens (tertiary/aromatic N) is 1. The number of aliphatic hydroxyl groups is 1. The van der Waals surface area contributed by atoms with Crippen LogP contribution in [0.2, 0.25) is 0 Å². The van der Waals surface area contributed by atoms with Crippen LogP contribution in [0.3, 0.4) is 0 Å². The SMILES string of the molecule is CCCOc1cccc(CCN2CC(CO)CC2=O)c1. The fourth-order valence-corrected chi connectivity index (χ4v) is 2.47. The van der Waals surface area contributed by atoms with E-state index in [0.717, 1.165) is 25.2 Å². The number of benzene rings is 1. The molecule has 0 aromatic heterocycles. The number of rotatable bonds is 7. The van der Waals surface area contributed by atoms with E-state index in [0.29, 0.717) is 19.5 Å². The fourth-order valence-electron chi connectivity index (χ4n) is 2.47. The fraction of sp³-hybridized carbons (Fsp3) is 0.562. The highest BCUT2D eigenvalue weighted by atomic mass is 16.5. The largest absolute Gasteiger partial charge is 0.494 e. The van der Waals surface area contributed by atoms with E-state index in [4.69, 9.17) is 9.84 Å². The van der Waals surface area contributed by atoms with Crippen molar-refractivity contribution < 1.29 is 14.6 Å². The summed E-state index contributed by atoms with van der Waals surface area (Å²) in [5, 5.41) is 9.11. The van der Waals surface area contributed by atoms with Crippen LogP contribution >= 0.6 is 0 Å². The van der Waals surface area contributed by atoms with Gasteiger partial charge >= 0.3 is 0 Å². The Labute approximate surface area is 120 Å². The molecule has 1 aliphatic rings. The third-order valence-electron chi connectivity index (χ3n) is 3.59. The summed E-state index contributed by atoms with van der Waals surface area (Å²) in [4.78, 5) is 13.6. The second-order valence-corrected chi connectivity index (χ2v) is 5.34. The van der Waals surface area contributed by atoms with Gasteiger partial charge in [-0.3, -0.25) is 4.79 Å². The predicted molar refractivity (Wildman–Crippen MR) is 77.7 cm³/mol. The molecule has 1 N–H and O–H groups in total. The standard InChI is InChI=1S/C16H23NO3/c1-2-8-20-15-5-3-4-13(9-15)6-7-17-11-14(12-18)10-16(17)19/h3-5,9,14,18H,2,6-8,10-12H2,1H3. The van der Waals surface area contributed by atoms with Crippen LogP contribution in [0.4, 0.5) is 0 Å². The third kappa shape index (κ3) is 3.97. The number of hydrogen-bond acceptors (Lipinski definition) is 3. The maximum atomic E-state index is 11.8. The van der Waals surface area contributed by atoms with Gasteiger partial charge in [-0.1, -0.05) is 19.1 Å². The minimum atomic E-state index is 0.0998. The summed E-state index contributed by atoms with van der Waals surface area (Å²) in [6.07, 6.45) is 2.30. The highest BCUT2D eigenvalue weighted by Crippen LogP contribution is 2.19. The van der Waals surface area contributed by atoms with Gasteiger partial charge in [-0.25, -0.2) is 0 Å². The number of carbonyl (C=O) groups is 1. The Morgan fingerprint density at radius 3 is 3.00 bits per heavy atom. The first kappa shape index (κ1) is 14.9. The van der Waals surface area contributed by atoms with Gasteiger partial charge in [-0.15, -0.1) is 0 Å². The number of hydrogen-bond donors (Lipinski definition) is 1. The van der Waals surface area contributed by atoms with E-state index in [1.807, 2.05) is 23.1 Å². The number of amides is 1. The number of ether oxygens (including phenoxy) is 1. The van der Waals surface area contributed by atoms with E-state index in [-0.39, 0.29) is 18.4 Å². The summed E-state index contributed by atoms with van der Waals surface area (Å²) in [6, 6.07) is 8.05. The number of carbonyl (C=O) groups excluding carboxylic acids is 1. The molecule has 1 amide bonds. The zero-order chi connectivity index (χ0) is 14.4. The van der Waals surface area contributed by atoms with Crippen molar-refractivity contribution in [1.82, 2.24) is 4.90 Å². The summed E-state index contributed by atoms with van der Waals surface area (Å²) in [7, 11) is 0. The Morgan fingerprint density at radius 1 is 1.45 bits per heavy atom. The van der Waals surface area contributed by atoms with Gasteiger partial charge in [0.25, 0.3) is 0 Å². The lowest BCUT2D eigenvalue weighted by molar-refractivity contribution is -0.127. The number of likely N-dealkylation sites (tertiary alicyclic amines) is 1. The number of aliphatic hydroxyl groups excluding tert-OH is 1. The monoisotopic (exact) mass is 277 g/mol. The van der Waals surface area contributed by atoms with E-state index in [2.05, 4.69) is 13.0 Å².